The first-order valence-electron chi connectivity index (χ1n) is 3.98. The molecule has 0 amide bonds. The van der Waals surface area contributed by atoms with Gasteiger partial charge in [-0.2, -0.15) is 5.01 Å². The Hall–Kier alpha value is -0.720. The van der Waals surface area contributed by atoms with Gasteiger partial charge in [-0.15, -0.1) is 4.91 Å². The Morgan fingerprint density at radius 1 is 1.58 bits per heavy atom. The Labute approximate surface area is 71.8 Å². The maximum atomic E-state index is 9.92. The van der Waals surface area contributed by atoms with Crippen LogP contribution in [-0.2, 0) is 0 Å². The minimum absolute atomic E-state index is 0.0543. The van der Waals surface area contributed by atoms with Crippen LogP contribution in [0.5, 0.6) is 0 Å². The van der Waals surface area contributed by atoms with Gasteiger partial charge in [-0.25, -0.2) is 0 Å². The second-order valence-corrected chi connectivity index (χ2v) is 2.52. The summed E-state index contributed by atoms with van der Waals surface area (Å²) in [6.45, 7) is 4.66. The molecule has 0 fully saturated rings. The predicted molar refractivity (Wildman–Crippen MR) is 44.9 cm³/mol. The summed E-state index contributed by atoms with van der Waals surface area (Å²) in [4.78, 5) is 9.92. The fourth-order valence-electron chi connectivity index (χ4n) is 0.780. The molecule has 0 rings (SSSR count). The van der Waals surface area contributed by atoms with Crippen LogP contribution in [0.4, 0.5) is 0 Å². The monoisotopic (exact) mass is 176 g/mol. The third kappa shape index (κ3) is 3.61. The SMILES string of the molecule is CCC(N)CN(CC)N(O)N=O. The number of nitrogens with two attached hydrogens (primary N) is 1. The van der Waals surface area contributed by atoms with Crippen molar-refractivity contribution in [2.75, 3.05) is 13.1 Å². The first kappa shape index (κ1) is 11.3. The molecule has 0 aliphatic rings. The molecule has 1 unspecified atom stereocenters. The van der Waals surface area contributed by atoms with E-state index < -0.39 is 0 Å². The molecule has 0 saturated heterocycles. The number of nitroso groups, excluding NO2 is 1. The van der Waals surface area contributed by atoms with E-state index in [2.05, 4.69) is 5.29 Å². The Morgan fingerprint density at radius 3 is 2.50 bits per heavy atom. The van der Waals surface area contributed by atoms with Crippen molar-refractivity contribution in [3.05, 3.63) is 4.91 Å². The fourth-order valence-corrected chi connectivity index (χ4v) is 0.780. The number of hydrogen-bond acceptors (Lipinski definition) is 5. The van der Waals surface area contributed by atoms with Gasteiger partial charge in [0, 0.05) is 19.1 Å². The fraction of sp³-hybridized carbons (Fsp3) is 1.00. The second kappa shape index (κ2) is 5.87. The lowest BCUT2D eigenvalue weighted by molar-refractivity contribution is -0.247. The molecule has 0 radical (unpaired) electrons. The van der Waals surface area contributed by atoms with Gasteiger partial charge >= 0.3 is 0 Å². The minimum Gasteiger partial charge on any atom is -0.326 e. The van der Waals surface area contributed by atoms with Gasteiger partial charge in [0.25, 0.3) is 0 Å². The van der Waals surface area contributed by atoms with E-state index in [1.807, 2.05) is 6.92 Å². The molecule has 0 bridgehead atoms. The van der Waals surface area contributed by atoms with Crippen LogP contribution >= 0.6 is 0 Å². The molecule has 0 aromatic heterocycles. The van der Waals surface area contributed by atoms with Crippen molar-refractivity contribution in [1.29, 1.82) is 0 Å². The highest BCUT2D eigenvalue weighted by Crippen LogP contribution is 1.97. The normalized spacial score (nSPS) is 13.1. The zero-order valence-electron chi connectivity index (χ0n) is 7.47. The first-order chi connectivity index (χ1) is 5.65. The van der Waals surface area contributed by atoms with Gasteiger partial charge in [-0.05, 0) is 6.42 Å². The Morgan fingerprint density at radius 2 is 2.17 bits per heavy atom. The lowest BCUT2D eigenvalue weighted by Crippen LogP contribution is -2.44. The van der Waals surface area contributed by atoms with E-state index in [4.69, 9.17) is 10.9 Å². The second-order valence-electron chi connectivity index (χ2n) is 2.52. The summed E-state index contributed by atoms with van der Waals surface area (Å²) in [5.41, 5.74) is 5.62. The average Bonchev–Trinajstić information content (AvgIpc) is 2.12. The summed E-state index contributed by atoms with van der Waals surface area (Å²) in [6, 6.07) is -0.0543. The molecule has 3 N–H and O–H groups in total. The van der Waals surface area contributed by atoms with E-state index in [1.54, 1.807) is 6.92 Å². The molecule has 72 valence electrons. The Balaban J connectivity index is 3.89. The highest BCUT2D eigenvalue weighted by atomic mass is 16.6. The van der Waals surface area contributed by atoms with Crippen LogP contribution in [0.15, 0.2) is 5.29 Å². The lowest BCUT2D eigenvalue weighted by Gasteiger charge is -2.25. The smallest absolute Gasteiger partial charge is 0.0962 e. The zero-order chi connectivity index (χ0) is 9.56. The van der Waals surface area contributed by atoms with Gasteiger partial charge in [0.15, 0.2) is 0 Å². The third-order valence-corrected chi connectivity index (χ3v) is 1.66. The van der Waals surface area contributed by atoms with Gasteiger partial charge < -0.3 is 5.73 Å². The van der Waals surface area contributed by atoms with Crippen molar-refractivity contribution in [1.82, 2.24) is 10.3 Å². The van der Waals surface area contributed by atoms with Crippen molar-refractivity contribution in [2.45, 2.75) is 26.3 Å². The topological polar surface area (TPSA) is 82.2 Å². The van der Waals surface area contributed by atoms with Gasteiger partial charge in [0.2, 0.25) is 0 Å². The molecule has 1 atom stereocenters. The zero-order valence-corrected chi connectivity index (χ0v) is 7.47. The standard InChI is InChI=1S/C6H16N4O2/c1-3-6(7)5-9(4-2)10(12)8-11/h6,12H,3-5,7H2,1-2H3. The molecule has 0 aromatic rings. The molecule has 0 saturated carbocycles. The number of rotatable bonds is 6. The minimum atomic E-state index is -0.0543. The summed E-state index contributed by atoms with van der Waals surface area (Å²) in [6.07, 6.45) is 0.795. The molecule has 0 spiro atoms. The van der Waals surface area contributed by atoms with Gasteiger partial charge in [-0.3, -0.25) is 5.21 Å². The maximum absolute atomic E-state index is 9.92. The van der Waals surface area contributed by atoms with E-state index >= 15 is 0 Å². The average molecular weight is 176 g/mol. The van der Waals surface area contributed by atoms with E-state index in [0.29, 0.717) is 13.1 Å². The molecule has 12 heavy (non-hydrogen) atoms. The van der Waals surface area contributed by atoms with Crippen LogP contribution in [0.1, 0.15) is 20.3 Å². The quantitative estimate of drug-likeness (QED) is 0.450. The Bertz CT molecular complexity index is 133. The molecule has 6 nitrogen and oxygen atoms in total. The third-order valence-electron chi connectivity index (χ3n) is 1.66. The number of likely N-dealkylation sites (N-methyl/N-ethyl adjacent to an activating group) is 1. The van der Waals surface area contributed by atoms with Crippen molar-refractivity contribution in [3.63, 3.8) is 0 Å². The number of hydrazine groups is 1. The summed E-state index contributed by atoms with van der Waals surface area (Å²) in [5, 5.41) is 12.9. The molecular formula is C6H16N4O2. The highest BCUT2D eigenvalue weighted by Gasteiger charge is 2.13. The largest absolute Gasteiger partial charge is 0.326 e. The number of hydrogen-bond donors (Lipinski definition) is 2. The molecule has 0 aliphatic carbocycles. The lowest BCUT2D eigenvalue weighted by atomic mass is 10.2. The van der Waals surface area contributed by atoms with E-state index in [0.717, 1.165) is 6.42 Å². The summed E-state index contributed by atoms with van der Waals surface area (Å²) >= 11 is 0. The van der Waals surface area contributed by atoms with Crippen LogP contribution in [0.2, 0.25) is 0 Å². The van der Waals surface area contributed by atoms with Crippen LogP contribution in [0, 0.1) is 4.91 Å². The summed E-state index contributed by atoms with van der Waals surface area (Å²) in [5.74, 6) is 0. The number of nitrogens with zero attached hydrogens (tertiary/aromatic N) is 3. The van der Waals surface area contributed by atoms with Crippen LogP contribution in [0.3, 0.4) is 0 Å². The first-order valence-corrected chi connectivity index (χ1v) is 3.98. The van der Waals surface area contributed by atoms with Gasteiger partial charge in [-0.1, -0.05) is 19.1 Å². The molecule has 0 aliphatic heterocycles. The van der Waals surface area contributed by atoms with E-state index in [9.17, 15) is 4.91 Å². The van der Waals surface area contributed by atoms with Crippen molar-refractivity contribution in [3.8, 4) is 0 Å². The van der Waals surface area contributed by atoms with Crippen molar-refractivity contribution >= 4 is 0 Å². The van der Waals surface area contributed by atoms with Crippen LogP contribution in [-0.4, -0.2) is 34.6 Å². The van der Waals surface area contributed by atoms with Crippen molar-refractivity contribution in [2.24, 2.45) is 11.0 Å². The molecule has 6 heteroatoms. The maximum Gasteiger partial charge on any atom is 0.0962 e. The molecule has 0 heterocycles. The van der Waals surface area contributed by atoms with E-state index in [1.165, 1.54) is 5.01 Å². The molecular weight excluding hydrogens is 160 g/mol. The summed E-state index contributed by atoms with van der Waals surface area (Å²) < 4.78 is 0. The van der Waals surface area contributed by atoms with Crippen molar-refractivity contribution < 1.29 is 5.21 Å². The van der Waals surface area contributed by atoms with Crippen LogP contribution < -0.4 is 5.73 Å². The molecule has 0 aromatic carbocycles. The highest BCUT2D eigenvalue weighted by molar-refractivity contribution is 4.61. The summed E-state index contributed by atoms with van der Waals surface area (Å²) in [7, 11) is 0. The Kier molecular flexibility index (Phi) is 5.52. The van der Waals surface area contributed by atoms with Gasteiger partial charge in [0.05, 0.1) is 5.29 Å². The van der Waals surface area contributed by atoms with Crippen LogP contribution in [0.25, 0.3) is 0 Å². The predicted octanol–water partition coefficient (Wildman–Crippen LogP) is 0.333. The van der Waals surface area contributed by atoms with E-state index in [-0.39, 0.29) is 11.3 Å². The van der Waals surface area contributed by atoms with Gasteiger partial charge in [0.1, 0.15) is 0 Å².